The quantitative estimate of drug-likeness (QED) is 0.240. The van der Waals surface area contributed by atoms with Crippen molar-refractivity contribution in [3.8, 4) is 17.2 Å². The number of benzene rings is 3. The number of aryl methyl sites for hydroxylation is 3. The van der Waals surface area contributed by atoms with Crippen molar-refractivity contribution in [3.05, 3.63) is 89.5 Å². The van der Waals surface area contributed by atoms with Crippen LogP contribution in [0.2, 0.25) is 0 Å². The Morgan fingerprint density at radius 2 is 0.786 bits per heavy atom. The SMILES string of the molecule is Cc1ccc(OP(=O)(Oc2ccc(C)cc2)Oc2ccc(C)cc2)cc1.[Br][Ag]. The number of phosphoric acid groups is 1. The van der Waals surface area contributed by atoms with Crippen LogP contribution < -0.4 is 13.6 Å². The first-order valence-corrected chi connectivity index (χ1v) is 13.3. The zero-order valence-electron chi connectivity index (χ0n) is 15.7. The van der Waals surface area contributed by atoms with E-state index in [1.54, 1.807) is 36.4 Å². The zero-order valence-corrected chi connectivity index (χ0v) is 19.7. The molecule has 0 aromatic heterocycles. The molecule has 0 heterocycles. The molecule has 3 aromatic rings. The summed E-state index contributed by atoms with van der Waals surface area (Å²) in [6.45, 7) is 5.90. The van der Waals surface area contributed by atoms with E-state index in [0.29, 0.717) is 17.2 Å². The Labute approximate surface area is 184 Å². The van der Waals surface area contributed by atoms with Crippen LogP contribution in [0.1, 0.15) is 16.7 Å². The molecule has 152 valence electrons. The van der Waals surface area contributed by atoms with Gasteiger partial charge in [0.2, 0.25) is 0 Å². The van der Waals surface area contributed by atoms with Crippen LogP contribution in [-0.2, 0) is 23.5 Å². The van der Waals surface area contributed by atoms with E-state index in [-0.39, 0.29) is 0 Å². The molecule has 0 fully saturated rings. The van der Waals surface area contributed by atoms with E-state index in [1.165, 1.54) is 0 Å². The fourth-order valence-electron chi connectivity index (χ4n) is 2.24. The van der Waals surface area contributed by atoms with Crippen molar-refractivity contribution >= 4 is 20.8 Å². The molecule has 0 aliphatic rings. The summed E-state index contributed by atoms with van der Waals surface area (Å²) < 4.78 is 30.2. The van der Waals surface area contributed by atoms with Gasteiger partial charge < -0.3 is 13.6 Å². The Bertz CT molecular complexity index is 790. The van der Waals surface area contributed by atoms with E-state index in [0.717, 1.165) is 16.7 Å². The summed E-state index contributed by atoms with van der Waals surface area (Å²) in [6, 6.07) is 21.6. The van der Waals surface area contributed by atoms with E-state index in [1.807, 2.05) is 57.2 Å². The van der Waals surface area contributed by atoms with Crippen molar-refractivity contribution in [2.75, 3.05) is 0 Å². The molecule has 0 radical (unpaired) electrons. The van der Waals surface area contributed by atoms with Crippen molar-refractivity contribution in [1.29, 1.82) is 0 Å². The van der Waals surface area contributed by atoms with Gasteiger partial charge in [0.1, 0.15) is 17.2 Å². The van der Waals surface area contributed by atoms with Crippen molar-refractivity contribution < 1.29 is 37.1 Å². The van der Waals surface area contributed by atoms with Gasteiger partial charge in [-0.1, -0.05) is 53.1 Å². The third-order valence-electron chi connectivity index (χ3n) is 3.71. The number of phosphoric ester groups is 1. The molecule has 0 bridgehead atoms. The van der Waals surface area contributed by atoms with Gasteiger partial charge in [0.05, 0.1) is 0 Å². The van der Waals surface area contributed by atoms with Gasteiger partial charge in [0.25, 0.3) is 0 Å². The molecule has 0 amide bonds. The van der Waals surface area contributed by atoms with Crippen LogP contribution in [0.25, 0.3) is 0 Å². The van der Waals surface area contributed by atoms with Crippen molar-refractivity contribution in [2.45, 2.75) is 20.8 Å². The summed E-state index contributed by atoms with van der Waals surface area (Å²) in [5.74, 6) is 1.24. The monoisotopic (exact) mass is 554 g/mol. The molecule has 0 unspecified atom stereocenters. The number of hydrogen-bond acceptors (Lipinski definition) is 4. The Morgan fingerprint density at radius 3 is 1.00 bits per heavy atom. The second-order valence-corrected chi connectivity index (χ2v) is 7.60. The maximum atomic E-state index is 13.3. The molecule has 7 heteroatoms. The van der Waals surface area contributed by atoms with Crippen LogP contribution in [-0.4, -0.2) is 0 Å². The average Bonchev–Trinajstić information content (AvgIpc) is 2.69. The summed E-state index contributed by atoms with van der Waals surface area (Å²) in [5.41, 5.74) is 3.23. The molecule has 0 spiro atoms. The summed E-state index contributed by atoms with van der Waals surface area (Å²) in [7, 11) is -3.93. The van der Waals surface area contributed by atoms with Gasteiger partial charge in [-0.2, -0.15) is 4.57 Å². The predicted octanol–water partition coefficient (Wildman–Crippen LogP) is 7.10. The second kappa shape index (κ2) is 10.9. The fraction of sp³-hybridized carbons (Fsp3) is 0.143. The number of halogens is 1. The summed E-state index contributed by atoms with van der Waals surface area (Å²) >= 11 is 5.51. The normalized spacial score (nSPS) is 10.5. The molecule has 0 atom stereocenters. The Kier molecular flexibility index (Phi) is 8.87. The number of hydrogen-bond donors (Lipinski definition) is 0. The van der Waals surface area contributed by atoms with E-state index >= 15 is 0 Å². The molecule has 3 rings (SSSR count). The summed E-state index contributed by atoms with van der Waals surface area (Å²) in [5, 5.41) is 0. The standard InChI is InChI=1S/C21H21O4P.Ag.BrH/c1-16-4-10-19(11-5-16)23-26(22,24-20-12-6-17(2)7-13-20)25-21-14-8-18(3)9-15-21;;/h4-15H,1-3H3;;1H/q;+1;/p-1. The predicted molar refractivity (Wildman–Crippen MR) is 112 cm³/mol. The molecular weight excluding hydrogens is 535 g/mol. The van der Waals surface area contributed by atoms with E-state index < -0.39 is 7.82 Å². The second-order valence-electron chi connectivity index (χ2n) is 6.16. The molecule has 0 aliphatic heterocycles. The van der Waals surface area contributed by atoms with Gasteiger partial charge in [-0.3, -0.25) is 0 Å². The average molecular weight is 556 g/mol. The minimum atomic E-state index is -3.93. The molecule has 0 saturated heterocycles. The van der Waals surface area contributed by atoms with Crippen LogP contribution in [0, 0.1) is 20.8 Å². The van der Waals surface area contributed by atoms with Crippen LogP contribution in [0.4, 0.5) is 0 Å². The first-order chi connectivity index (χ1) is 13.4. The third-order valence-corrected chi connectivity index (χ3v) is 5.02. The van der Waals surface area contributed by atoms with Crippen LogP contribution in [0.5, 0.6) is 17.2 Å². The topological polar surface area (TPSA) is 44.8 Å². The molecule has 0 aliphatic carbocycles. The molecule has 0 N–H and O–H groups in total. The zero-order chi connectivity index (χ0) is 20.6. The minimum absolute atomic E-state index is 0.415. The third kappa shape index (κ3) is 7.16. The van der Waals surface area contributed by atoms with E-state index in [9.17, 15) is 4.57 Å². The Morgan fingerprint density at radius 1 is 0.571 bits per heavy atom. The van der Waals surface area contributed by atoms with Gasteiger partial charge in [0.15, 0.2) is 0 Å². The first kappa shape index (κ1) is 22.8. The molecule has 0 saturated carbocycles. The van der Waals surface area contributed by atoms with E-state index in [2.05, 4.69) is 32.0 Å². The summed E-state index contributed by atoms with van der Waals surface area (Å²) in [4.78, 5) is 0. The molecule has 28 heavy (non-hydrogen) atoms. The van der Waals surface area contributed by atoms with Gasteiger partial charge in [-0.05, 0) is 57.2 Å². The molecule has 3 aromatic carbocycles. The molecule has 4 nitrogen and oxygen atoms in total. The van der Waals surface area contributed by atoms with Crippen LogP contribution >= 0.6 is 20.8 Å². The van der Waals surface area contributed by atoms with Crippen molar-refractivity contribution in [2.24, 2.45) is 0 Å². The van der Waals surface area contributed by atoms with Crippen molar-refractivity contribution in [3.63, 3.8) is 0 Å². The van der Waals surface area contributed by atoms with Gasteiger partial charge in [0, 0.05) is 0 Å². The first-order valence-electron chi connectivity index (χ1n) is 8.42. The Balaban J connectivity index is 0.00000136. The van der Waals surface area contributed by atoms with Crippen molar-refractivity contribution in [1.82, 2.24) is 0 Å². The molecular formula is C21H21AgBrO4P. The van der Waals surface area contributed by atoms with Gasteiger partial charge in [-0.15, -0.1) is 0 Å². The fourth-order valence-corrected chi connectivity index (χ4v) is 3.49. The summed E-state index contributed by atoms with van der Waals surface area (Å²) in [6.07, 6.45) is 0. The maximum absolute atomic E-state index is 13.3. The Hall–Kier alpha value is -1.49. The van der Waals surface area contributed by atoms with Gasteiger partial charge in [-0.25, -0.2) is 0 Å². The number of rotatable bonds is 6. The van der Waals surface area contributed by atoms with Crippen LogP contribution in [0.3, 0.4) is 0 Å². The van der Waals surface area contributed by atoms with E-state index in [4.69, 9.17) is 13.6 Å². The van der Waals surface area contributed by atoms with Gasteiger partial charge >= 0.3 is 39.8 Å². The van der Waals surface area contributed by atoms with Crippen LogP contribution in [0.15, 0.2) is 72.8 Å².